The molecule has 28 heavy (non-hydrogen) atoms. The number of rotatable bonds is 1. The topological polar surface area (TPSA) is 42.0 Å². The Balaban J connectivity index is 1.83. The number of hydrogen-bond acceptors (Lipinski definition) is 3. The lowest BCUT2D eigenvalue weighted by Crippen LogP contribution is -2.33. The Labute approximate surface area is 178 Å². The minimum Gasteiger partial charge on any atom is -0.373 e. The van der Waals surface area contributed by atoms with Gasteiger partial charge in [0.1, 0.15) is 0 Å². The van der Waals surface area contributed by atoms with Gasteiger partial charge in [0.15, 0.2) is 5.78 Å². The number of ketones is 1. The summed E-state index contributed by atoms with van der Waals surface area (Å²) in [7, 11) is 0. The number of benzene rings is 2. The van der Waals surface area contributed by atoms with Crippen LogP contribution in [0.1, 0.15) is 43.9 Å². The molecule has 1 aromatic heterocycles. The summed E-state index contributed by atoms with van der Waals surface area (Å²) in [6.45, 7) is 4.39. The van der Waals surface area contributed by atoms with E-state index in [1.807, 2.05) is 18.3 Å². The minimum absolute atomic E-state index is 0.0384. The van der Waals surface area contributed by atoms with Crippen LogP contribution in [0.3, 0.4) is 0 Å². The number of fused-ring (bicyclic) bond motifs is 4. The summed E-state index contributed by atoms with van der Waals surface area (Å²) in [5, 5.41) is 4.81. The summed E-state index contributed by atoms with van der Waals surface area (Å²) in [6, 6.07) is 16.5. The second kappa shape index (κ2) is 6.41. The van der Waals surface area contributed by atoms with Gasteiger partial charge in [0.25, 0.3) is 0 Å². The van der Waals surface area contributed by atoms with Crippen molar-refractivity contribution >= 4 is 50.5 Å². The molecule has 0 spiro atoms. The Morgan fingerprint density at radius 1 is 1.07 bits per heavy atom. The molecule has 1 N–H and O–H groups in total. The zero-order valence-electron chi connectivity index (χ0n) is 15.9. The number of nitrogens with zero attached hydrogens (tertiary/aromatic N) is 1. The zero-order valence-corrected chi connectivity index (χ0v) is 18.1. The molecule has 0 amide bonds. The van der Waals surface area contributed by atoms with Crippen molar-refractivity contribution in [2.75, 3.05) is 5.32 Å². The third-order valence-electron chi connectivity index (χ3n) is 5.81. The first-order chi connectivity index (χ1) is 13.4. The molecule has 0 bridgehead atoms. The van der Waals surface area contributed by atoms with Crippen LogP contribution in [-0.4, -0.2) is 10.8 Å². The van der Waals surface area contributed by atoms with Crippen molar-refractivity contribution in [2.24, 2.45) is 5.41 Å². The first-order valence-corrected chi connectivity index (χ1v) is 10.7. The van der Waals surface area contributed by atoms with Gasteiger partial charge < -0.3 is 5.32 Å². The number of hydrogen-bond donors (Lipinski definition) is 1. The van der Waals surface area contributed by atoms with Crippen LogP contribution in [-0.2, 0) is 4.79 Å². The van der Waals surface area contributed by atoms with Crippen molar-refractivity contribution < 1.29 is 4.79 Å². The molecule has 0 saturated heterocycles. The van der Waals surface area contributed by atoms with E-state index in [1.165, 1.54) is 14.7 Å². The van der Waals surface area contributed by atoms with Gasteiger partial charge in [0.05, 0.1) is 11.6 Å². The third kappa shape index (κ3) is 2.77. The Bertz CT molecular complexity index is 1160. The molecule has 3 aromatic rings. The van der Waals surface area contributed by atoms with E-state index in [0.29, 0.717) is 6.42 Å². The number of aromatic nitrogens is 1. The molecule has 2 aromatic carbocycles. The summed E-state index contributed by atoms with van der Waals surface area (Å²) in [6.07, 6.45) is 3.31. The molecule has 2 heterocycles. The van der Waals surface area contributed by atoms with Crippen LogP contribution in [0.25, 0.3) is 16.5 Å². The smallest absolute Gasteiger partial charge is 0.162 e. The average molecular weight is 480 g/mol. The van der Waals surface area contributed by atoms with Gasteiger partial charge in [-0.3, -0.25) is 9.78 Å². The Morgan fingerprint density at radius 3 is 2.71 bits per heavy atom. The van der Waals surface area contributed by atoms with Gasteiger partial charge in [-0.15, -0.1) is 0 Å². The van der Waals surface area contributed by atoms with Crippen molar-refractivity contribution in [3.8, 4) is 0 Å². The molecule has 1 aliphatic heterocycles. The highest BCUT2D eigenvalue weighted by atomic mass is 127. The van der Waals surface area contributed by atoms with Crippen LogP contribution in [0.4, 0.5) is 5.69 Å². The van der Waals surface area contributed by atoms with Crippen molar-refractivity contribution in [2.45, 2.75) is 32.7 Å². The second-order valence-electron chi connectivity index (χ2n) is 8.49. The molecule has 1 aliphatic carbocycles. The molecule has 5 rings (SSSR count). The molecule has 140 valence electrons. The first-order valence-electron chi connectivity index (χ1n) is 9.60. The van der Waals surface area contributed by atoms with E-state index in [4.69, 9.17) is 0 Å². The molecule has 2 aliphatic rings. The van der Waals surface area contributed by atoms with Crippen molar-refractivity contribution in [1.29, 1.82) is 0 Å². The number of carbonyl (C=O) groups is 1. The van der Waals surface area contributed by atoms with Gasteiger partial charge in [-0.1, -0.05) is 38.1 Å². The Hall–Kier alpha value is -2.21. The minimum atomic E-state index is -0.103. The molecule has 3 nitrogen and oxygen atoms in total. The van der Waals surface area contributed by atoms with Crippen LogP contribution in [0.15, 0.2) is 60.3 Å². The predicted octanol–water partition coefficient (Wildman–Crippen LogP) is 6.15. The van der Waals surface area contributed by atoms with Crippen LogP contribution in [0, 0.1) is 8.99 Å². The van der Waals surface area contributed by atoms with Gasteiger partial charge >= 0.3 is 0 Å². The van der Waals surface area contributed by atoms with Gasteiger partial charge in [-0.2, -0.15) is 0 Å². The monoisotopic (exact) mass is 480 g/mol. The lowest BCUT2D eigenvalue weighted by atomic mass is 9.68. The summed E-state index contributed by atoms with van der Waals surface area (Å²) in [4.78, 5) is 17.9. The number of anilines is 1. The normalized spacial score (nSPS) is 20.5. The largest absolute Gasteiger partial charge is 0.373 e. The molecule has 1 unspecified atom stereocenters. The molecule has 0 radical (unpaired) electrons. The SMILES string of the molecule is CC1(C)CC(=O)C2=C(C1)c1c(ccc3ncccc13)NC2c1ccccc1I. The highest BCUT2D eigenvalue weighted by Gasteiger charge is 2.41. The molecule has 0 fully saturated rings. The molecule has 1 atom stereocenters. The number of halogens is 1. The Morgan fingerprint density at radius 2 is 1.89 bits per heavy atom. The summed E-state index contributed by atoms with van der Waals surface area (Å²) >= 11 is 2.37. The zero-order chi connectivity index (χ0) is 19.5. The Kier molecular flexibility index (Phi) is 4.09. The maximum atomic E-state index is 13.4. The van der Waals surface area contributed by atoms with Crippen molar-refractivity contribution in [3.63, 3.8) is 0 Å². The van der Waals surface area contributed by atoms with Gasteiger partial charge in [-0.25, -0.2) is 0 Å². The lowest BCUT2D eigenvalue weighted by Gasteiger charge is -2.40. The van der Waals surface area contributed by atoms with E-state index in [1.54, 1.807) is 0 Å². The average Bonchev–Trinajstić information content (AvgIpc) is 2.66. The fourth-order valence-corrected chi connectivity index (χ4v) is 5.36. The van der Waals surface area contributed by atoms with E-state index >= 15 is 0 Å². The number of pyridine rings is 1. The highest BCUT2D eigenvalue weighted by molar-refractivity contribution is 14.1. The molecule has 4 heteroatoms. The van der Waals surface area contributed by atoms with Crippen LogP contribution < -0.4 is 5.32 Å². The van der Waals surface area contributed by atoms with Gasteiger partial charge in [-0.05, 0) is 69.8 Å². The van der Waals surface area contributed by atoms with E-state index in [-0.39, 0.29) is 17.2 Å². The predicted molar refractivity (Wildman–Crippen MR) is 122 cm³/mol. The highest BCUT2D eigenvalue weighted by Crippen LogP contribution is 2.52. The van der Waals surface area contributed by atoms with Crippen LogP contribution >= 0.6 is 22.6 Å². The first kappa shape index (κ1) is 17.9. The van der Waals surface area contributed by atoms with E-state index in [9.17, 15) is 4.79 Å². The molecule has 0 saturated carbocycles. The van der Waals surface area contributed by atoms with Crippen LogP contribution in [0.5, 0.6) is 0 Å². The van der Waals surface area contributed by atoms with Crippen molar-refractivity contribution in [3.05, 3.63) is 75.0 Å². The summed E-state index contributed by atoms with van der Waals surface area (Å²) in [5.74, 6) is 0.259. The molecular formula is C24H21IN2O. The number of nitrogens with one attached hydrogen (secondary N) is 1. The van der Waals surface area contributed by atoms with Gasteiger partial charge in [0.2, 0.25) is 0 Å². The van der Waals surface area contributed by atoms with Gasteiger partial charge in [0, 0.05) is 38.4 Å². The summed E-state index contributed by atoms with van der Waals surface area (Å²) < 4.78 is 1.17. The maximum Gasteiger partial charge on any atom is 0.162 e. The third-order valence-corrected chi connectivity index (χ3v) is 6.79. The van der Waals surface area contributed by atoms with Crippen molar-refractivity contribution in [1.82, 2.24) is 4.98 Å². The number of Topliss-reactive ketones (excluding diaryl/α,β-unsaturated/α-hetero) is 1. The fourth-order valence-electron chi connectivity index (χ4n) is 4.66. The second-order valence-corrected chi connectivity index (χ2v) is 9.65. The standard InChI is InChI=1S/C24H21IN2O/c1-24(2)12-16-21-15-7-5-11-26-18(15)9-10-19(21)27-23(22(16)20(28)13-24)14-6-3-4-8-17(14)25/h3-11,23,27H,12-13H2,1-2H3. The van der Waals surface area contributed by atoms with E-state index < -0.39 is 0 Å². The number of carbonyl (C=O) groups excluding carboxylic acids is 1. The lowest BCUT2D eigenvalue weighted by molar-refractivity contribution is -0.118. The van der Waals surface area contributed by atoms with E-state index in [0.717, 1.165) is 34.1 Å². The number of allylic oxidation sites excluding steroid dienone is 1. The maximum absolute atomic E-state index is 13.4. The van der Waals surface area contributed by atoms with E-state index in [2.05, 4.69) is 83.1 Å². The summed E-state index contributed by atoms with van der Waals surface area (Å²) in [5.41, 5.74) is 6.48. The molecular weight excluding hydrogens is 459 g/mol. The fraction of sp³-hybridized carbons (Fsp3) is 0.250. The quantitative estimate of drug-likeness (QED) is 0.425. The van der Waals surface area contributed by atoms with Crippen LogP contribution in [0.2, 0.25) is 0 Å².